The van der Waals surface area contributed by atoms with E-state index in [0.29, 0.717) is 18.4 Å². The van der Waals surface area contributed by atoms with Crippen molar-refractivity contribution in [2.45, 2.75) is 51.1 Å². The lowest BCUT2D eigenvalue weighted by atomic mass is 9.81. The van der Waals surface area contributed by atoms with Crippen molar-refractivity contribution in [1.82, 2.24) is 4.90 Å². The number of carbonyl (C=O) groups is 3. The van der Waals surface area contributed by atoms with Crippen LogP contribution in [0.3, 0.4) is 0 Å². The molecule has 3 unspecified atom stereocenters. The number of rotatable bonds is 4. The lowest BCUT2D eigenvalue weighted by Crippen LogP contribution is -2.55. The molecule has 0 spiro atoms. The van der Waals surface area contributed by atoms with Crippen LogP contribution in [0.5, 0.6) is 5.75 Å². The van der Waals surface area contributed by atoms with Crippen molar-refractivity contribution in [2.75, 3.05) is 26.1 Å². The average molecular weight is 483 g/mol. The molecular weight excluding hydrogens is 448 g/mol. The van der Waals surface area contributed by atoms with Gasteiger partial charge in [-0.2, -0.15) is 0 Å². The number of aryl methyl sites for hydroxylation is 1. The molecule has 0 saturated heterocycles. The summed E-state index contributed by atoms with van der Waals surface area (Å²) in [6.07, 6.45) is 4.67. The lowest BCUT2D eigenvalue weighted by Gasteiger charge is -2.44. The maximum absolute atomic E-state index is 13.5. The molecule has 0 saturated carbocycles. The van der Waals surface area contributed by atoms with Gasteiger partial charge in [-0.15, -0.1) is 0 Å². The number of nitrogens with zero attached hydrogens (tertiary/aromatic N) is 2. The smallest absolute Gasteiger partial charge is 0.414 e. The quantitative estimate of drug-likeness (QED) is 0.644. The number of aliphatic carboxylic acids is 2. The van der Waals surface area contributed by atoms with Gasteiger partial charge in [0.2, 0.25) is 5.91 Å². The third kappa shape index (κ3) is 6.19. The second-order valence-electron chi connectivity index (χ2n) is 9.43. The number of fused-ring (bicyclic) bond motifs is 2. The van der Waals surface area contributed by atoms with E-state index in [1.54, 1.807) is 7.11 Å². The number of anilines is 1. The van der Waals surface area contributed by atoms with Crippen LogP contribution in [-0.2, 0) is 33.6 Å². The van der Waals surface area contributed by atoms with Gasteiger partial charge in [0, 0.05) is 24.2 Å². The predicted octanol–water partition coefficient (Wildman–Crippen LogP) is 3.25. The molecule has 2 aliphatic rings. The van der Waals surface area contributed by atoms with Gasteiger partial charge in [-0.3, -0.25) is 4.79 Å². The van der Waals surface area contributed by atoms with Gasteiger partial charge in [-0.05, 0) is 87.5 Å². The fraction of sp³-hybridized carbons (Fsp3) is 0.444. The van der Waals surface area contributed by atoms with Crippen LogP contribution >= 0.6 is 0 Å². The highest BCUT2D eigenvalue weighted by molar-refractivity contribution is 6.27. The first-order chi connectivity index (χ1) is 16.6. The van der Waals surface area contributed by atoms with Gasteiger partial charge in [-0.25, -0.2) is 9.59 Å². The highest BCUT2D eigenvalue weighted by Crippen LogP contribution is 2.35. The lowest BCUT2D eigenvalue weighted by molar-refractivity contribution is -0.159. The SMILES string of the molecule is COc1ccc2c(c1)CCC(CC(=O)N1c3ccccc3CC(N(C)C)C1C)C2.O=C(O)C(=O)O. The molecule has 2 aromatic rings. The number of carbonyl (C=O) groups excluding carboxylic acids is 1. The predicted molar refractivity (Wildman–Crippen MR) is 133 cm³/mol. The van der Waals surface area contributed by atoms with Crippen molar-refractivity contribution in [3.8, 4) is 5.75 Å². The number of para-hydroxylation sites is 1. The van der Waals surface area contributed by atoms with E-state index in [4.69, 9.17) is 24.5 Å². The third-order valence-corrected chi connectivity index (χ3v) is 6.97. The first-order valence-corrected chi connectivity index (χ1v) is 11.8. The summed E-state index contributed by atoms with van der Waals surface area (Å²) in [5.74, 6) is -2.06. The molecule has 1 heterocycles. The maximum Gasteiger partial charge on any atom is 0.414 e. The van der Waals surface area contributed by atoms with Crippen LogP contribution in [0.15, 0.2) is 42.5 Å². The molecule has 3 atom stereocenters. The molecule has 0 fully saturated rings. The maximum atomic E-state index is 13.5. The minimum atomic E-state index is -1.82. The van der Waals surface area contributed by atoms with E-state index in [2.05, 4.69) is 61.2 Å². The normalized spacial score (nSPS) is 20.7. The van der Waals surface area contributed by atoms with Crippen molar-refractivity contribution in [2.24, 2.45) is 5.92 Å². The molecular formula is C27H34N2O6. The highest BCUT2D eigenvalue weighted by Gasteiger charge is 2.36. The van der Waals surface area contributed by atoms with E-state index in [9.17, 15) is 4.79 Å². The summed E-state index contributed by atoms with van der Waals surface area (Å²) in [7, 11) is 5.94. The van der Waals surface area contributed by atoms with Gasteiger partial charge in [0.25, 0.3) is 0 Å². The van der Waals surface area contributed by atoms with Crippen LogP contribution in [0.2, 0.25) is 0 Å². The minimum Gasteiger partial charge on any atom is -0.497 e. The number of likely N-dealkylation sites (N-methyl/N-ethyl adjacent to an activating group) is 1. The van der Waals surface area contributed by atoms with Crippen LogP contribution in [0.1, 0.15) is 36.5 Å². The molecule has 0 bridgehead atoms. The summed E-state index contributed by atoms with van der Waals surface area (Å²) < 4.78 is 5.36. The van der Waals surface area contributed by atoms with Gasteiger partial charge in [0.05, 0.1) is 7.11 Å². The van der Waals surface area contributed by atoms with Gasteiger partial charge in [0.1, 0.15) is 5.75 Å². The van der Waals surface area contributed by atoms with Gasteiger partial charge in [-0.1, -0.05) is 24.3 Å². The summed E-state index contributed by atoms with van der Waals surface area (Å²) in [5.41, 5.74) is 5.12. The third-order valence-electron chi connectivity index (χ3n) is 6.97. The second-order valence-corrected chi connectivity index (χ2v) is 9.43. The fourth-order valence-corrected chi connectivity index (χ4v) is 5.13. The molecule has 2 aromatic carbocycles. The second kappa shape index (κ2) is 11.4. The molecule has 4 rings (SSSR count). The Morgan fingerprint density at radius 1 is 1.00 bits per heavy atom. The van der Waals surface area contributed by atoms with Crippen molar-refractivity contribution in [1.29, 1.82) is 0 Å². The zero-order chi connectivity index (χ0) is 25.7. The number of amides is 1. The fourth-order valence-electron chi connectivity index (χ4n) is 5.13. The topological polar surface area (TPSA) is 107 Å². The number of carboxylic acids is 2. The van der Waals surface area contributed by atoms with Crippen LogP contribution in [-0.4, -0.2) is 66.2 Å². The molecule has 1 aliphatic heterocycles. The van der Waals surface area contributed by atoms with E-state index in [0.717, 1.165) is 37.1 Å². The van der Waals surface area contributed by atoms with Gasteiger partial charge < -0.3 is 24.7 Å². The Hall–Kier alpha value is -3.39. The Morgan fingerprint density at radius 2 is 1.69 bits per heavy atom. The van der Waals surface area contributed by atoms with Crippen molar-refractivity contribution in [3.05, 3.63) is 59.2 Å². The Kier molecular flexibility index (Phi) is 8.51. The number of ether oxygens (including phenoxy) is 1. The Bertz CT molecular complexity index is 1070. The van der Waals surface area contributed by atoms with E-state index in [-0.39, 0.29) is 11.9 Å². The Labute approximate surface area is 206 Å². The Morgan fingerprint density at radius 3 is 2.31 bits per heavy atom. The largest absolute Gasteiger partial charge is 0.497 e. The van der Waals surface area contributed by atoms with E-state index >= 15 is 0 Å². The number of hydrogen-bond donors (Lipinski definition) is 2. The zero-order valence-electron chi connectivity index (χ0n) is 20.7. The van der Waals surface area contributed by atoms with E-state index in [1.165, 1.54) is 16.7 Å². The molecule has 8 heteroatoms. The van der Waals surface area contributed by atoms with Crippen molar-refractivity contribution in [3.63, 3.8) is 0 Å². The van der Waals surface area contributed by atoms with Crippen LogP contribution < -0.4 is 9.64 Å². The number of methoxy groups -OCH3 is 1. The molecule has 2 N–H and O–H groups in total. The summed E-state index contributed by atoms with van der Waals surface area (Å²) >= 11 is 0. The molecule has 188 valence electrons. The average Bonchev–Trinajstić information content (AvgIpc) is 2.83. The molecule has 1 amide bonds. The minimum absolute atomic E-state index is 0.174. The van der Waals surface area contributed by atoms with E-state index < -0.39 is 11.9 Å². The number of carboxylic acid groups (broad SMARTS) is 2. The van der Waals surface area contributed by atoms with Gasteiger partial charge >= 0.3 is 11.9 Å². The molecule has 8 nitrogen and oxygen atoms in total. The van der Waals surface area contributed by atoms with Crippen LogP contribution in [0.4, 0.5) is 5.69 Å². The summed E-state index contributed by atoms with van der Waals surface area (Å²) in [4.78, 5) is 36.0. The van der Waals surface area contributed by atoms with Crippen LogP contribution in [0.25, 0.3) is 0 Å². The summed E-state index contributed by atoms with van der Waals surface area (Å²) in [5, 5.41) is 14.8. The molecule has 1 aliphatic carbocycles. The molecule has 35 heavy (non-hydrogen) atoms. The monoisotopic (exact) mass is 482 g/mol. The van der Waals surface area contributed by atoms with Gasteiger partial charge in [0.15, 0.2) is 0 Å². The van der Waals surface area contributed by atoms with Crippen molar-refractivity contribution < 1.29 is 29.3 Å². The number of hydrogen-bond acceptors (Lipinski definition) is 5. The summed E-state index contributed by atoms with van der Waals surface area (Å²) in [6, 6.07) is 15.3. The molecule has 0 aromatic heterocycles. The number of benzene rings is 2. The molecule has 0 radical (unpaired) electrons. The van der Waals surface area contributed by atoms with E-state index in [1.807, 2.05) is 12.1 Å². The summed E-state index contributed by atoms with van der Waals surface area (Å²) in [6.45, 7) is 2.20. The highest BCUT2D eigenvalue weighted by atomic mass is 16.5. The first kappa shape index (κ1) is 26.2. The van der Waals surface area contributed by atoms with Crippen LogP contribution in [0, 0.1) is 5.92 Å². The first-order valence-electron chi connectivity index (χ1n) is 11.8. The Balaban J connectivity index is 0.000000509. The standard InChI is InChI=1S/C25H32N2O2.C2H2O4/c1-17-24(26(2)3)16-21-7-5-6-8-23(21)27(17)25(28)14-18-9-10-20-15-22(29-4)12-11-19(20)13-18;3-1(4)2(5)6/h5-8,11-12,15,17-18,24H,9-10,13-14,16H2,1-4H3;(H,3,4)(H,5,6). The van der Waals surface area contributed by atoms with Crippen molar-refractivity contribution >= 4 is 23.5 Å². The zero-order valence-corrected chi connectivity index (χ0v) is 20.7.